The molecule has 4 aromatic rings. The molecule has 0 spiro atoms. The SMILES string of the molecule is Cc1ccc(OCCn2c(=O)sc3cc(C(=O)c4cccnc4)ccc32)cc1. The number of pyridine rings is 1. The van der Waals surface area contributed by atoms with Crippen molar-refractivity contribution in [2.45, 2.75) is 13.5 Å². The Morgan fingerprint density at radius 2 is 1.93 bits per heavy atom. The fourth-order valence-corrected chi connectivity index (χ4v) is 3.93. The maximum atomic E-state index is 12.6. The number of ether oxygens (including phenoxy) is 1. The van der Waals surface area contributed by atoms with Gasteiger partial charge in [-0.25, -0.2) is 0 Å². The fourth-order valence-electron chi connectivity index (χ4n) is 2.97. The first kappa shape index (κ1) is 18.1. The molecule has 0 fully saturated rings. The average molecular weight is 390 g/mol. The van der Waals surface area contributed by atoms with Gasteiger partial charge in [-0.05, 0) is 49.4 Å². The van der Waals surface area contributed by atoms with Gasteiger partial charge in [-0.2, -0.15) is 0 Å². The Kier molecular flexibility index (Phi) is 5.04. The lowest BCUT2D eigenvalue weighted by molar-refractivity contribution is 0.103. The number of rotatable bonds is 6. The molecule has 0 amide bonds. The summed E-state index contributed by atoms with van der Waals surface area (Å²) in [6.45, 7) is 2.86. The molecular formula is C22H18N2O3S. The molecule has 0 saturated carbocycles. The lowest BCUT2D eigenvalue weighted by Gasteiger charge is -2.08. The largest absolute Gasteiger partial charge is 0.492 e. The van der Waals surface area contributed by atoms with Gasteiger partial charge in [0.05, 0.1) is 16.8 Å². The lowest BCUT2D eigenvalue weighted by Crippen LogP contribution is -2.17. The lowest BCUT2D eigenvalue weighted by atomic mass is 10.1. The molecule has 2 aromatic carbocycles. The van der Waals surface area contributed by atoms with Crippen molar-refractivity contribution < 1.29 is 9.53 Å². The highest BCUT2D eigenvalue weighted by molar-refractivity contribution is 7.16. The van der Waals surface area contributed by atoms with Crippen molar-refractivity contribution in [2.75, 3.05) is 6.61 Å². The third-order valence-corrected chi connectivity index (χ3v) is 5.40. The first-order chi connectivity index (χ1) is 13.6. The van der Waals surface area contributed by atoms with Gasteiger partial charge in [0.15, 0.2) is 5.78 Å². The summed E-state index contributed by atoms with van der Waals surface area (Å²) in [5.41, 5.74) is 3.05. The number of hydrogen-bond donors (Lipinski definition) is 0. The van der Waals surface area contributed by atoms with E-state index in [9.17, 15) is 9.59 Å². The van der Waals surface area contributed by atoms with Gasteiger partial charge in [-0.15, -0.1) is 0 Å². The summed E-state index contributed by atoms with van der Waals surface area (Å²) in [7, 11) is 0. The quantitative estimate of drug-likeness (QED) is 0.466. The van der Waals surface area contributed by atoms with Crippen molar-refractivity contribution in [3.63, 3.8) is 0 Å². The third-order valence-electron chi connectivity index (χ3n) is 4.46. The number of hydrogen-bond acceptors (Lipinski definition) is 5. The van der Waals surface area contributed by atoms with Crippen molar-refractivity contribution in [1.82, 2.24) is 9.55 Å². The Labute approximate surface area is 165 Å². The van der Waals surface area contributed by atoms with E-state index < -0.39 is 0 Å². The number of fused-ring (bicyclic) bond motifs is 1. The van der Waals surface area contributed by atoms with Gasteiger partial charge in [0, 0.05) is 23.5 Å². The van der Waals surface area contributed by atoms with E-state index in [-0.39, 0.29) is 10.7 Å². The van der Waals surface area contributed by atoms with Gasteiger partial charge < -0.3 is 4.74 Å². The Morgan fingerprint density at radius 3 is 2.68 bits per heavy atom. The minimum atomic E-state index is -0.106. The zero-order valence-electron chi connectivity index (χ0n) is 15.3. The summed E-state index contributed by atoms with van der Waals surface area (Å²) in [6.07, 6.45) is 3.17. The molecule has 0 aliphatic rings. The molecule has 0 aliphatic heterocycles. The molecule has 0 N–H and O–H groups in total. The molecule has 2 heterocycles. The molecule has 6 heteroatoms. The van der Waals surface area contributed by atoms with Crippen LogP contribution in [0.1, 0.15) is 21.5 Å². The molecule has 2 aromatic heterocycles. The second kappa shape index (κ2) is 7.78. The van der Waals surface area contributed by atoms with Crippen LogP contribution in [0.25, 0.3) is 10.2 Å². The third kappa shape index (κ3) is 3.73. The van der Waals surface area contributed by atoms with Crippen LogP contribution in [-0.4, -0.2) is 21.9 Å². The van der Waals surface area contributed by atoms with E-state index in [1.54, 1.807) is 41.2 Å². The van der Waals surface area contributed by atoms with E-state index in [1.165, 1.54) is 5.56 Å². The van der Waals surface area contributed by atoms with Gasteiger partial charge in [0.2, 0.25) is 0 Å². The van der Waals surface area contributed by atoms with E-state index in [2.05, 4.69) is 4.98 Å². The van der Waals surface area contributed by atoms with Crippen LogP contribution in [-0.2, 0) is 6.54 Å². The van der Waals surface area contributed by atoms with Crippen LogP contribution < -0.4 is 9.61 Å². The summed E-state index contributed by atoms with van der Waals surface area (Å²) in [4.78, 5) is 28.9. The maximum Gasteiger partial charge on any atom is 0.308 e. The second-order valence-electron chi connectivity index (χ2n) is 6.43. The number of ketones is 1. The van der Waals surface area contributed by atoms with Crippen LogP contribution in [0.3, 0.4) is 0 Å². The number of nitrogens with zero attached hydrogens (tertiary/aromatic N) is 2. The summed E-state index contributed by atoms with van der Waals surface area (Å²) < 4.78 is 8.22. The summed E-state index contributed by atoms with van der Waals surface area (Å²) in [6, 6.07) is 16.6. The highest BCUT2D eigenvalue weighted by Gasteiger charge is 2.13. The fraction of sp³-hybridized carbons (Fsp3) is 0.136. The molecule has 0 radical (unpaired) electrons. The van der Waals surface area contributed by atoms with E-state index in [1.807, 2.05) is 37.3 Å². The predicted octanol–water partition coefficient (Wildman–Crippen LogP) is 4.08. The molecule has 0 atom stereocenters. The molecular weight excluding hydrogens is 372 g/mol. The number of thiazole rings is 1. The van der Waals surface area contributed by atoms with Crippen LogP contribution >= 0.6 is 11.3 Å². The Morgan fingerprint density at radius 1 is 1.11 bits per heavy atom. The highest BCUT2D eigenvalue weighted by Crippen LogP contribution is 2.21. The van der Waals surface area contributed by atoms with Gasteiger partial charge in [0.25, 0.3) is 0 Å². The minimum absolute atomic E-state index is 0.0616. The van der Waals surface area contributed by atoms with Crippen LogP contribution in [0.2, 0.25) is 0 Å². The standard InChI is InChI=1S/C22H18N2O3S/c1-15-4-7-18(8-5-15)27-12-11-24-19-9-6-16(13-20(19)28-22(24)26)21(25)17-3-2-10-23-14-17/h2-10,13-14H,11-12H2,1H3. The number of aryl methyl sites for hydroxylation is 1. The summed E-state index contributed by atoms with van der Waals surface area (Å²) in [5, 5.41) is 0. The van der Waals surface area contributed by atoms with Crippen molar-refractivity contribution >= 4 is 27.3 Å². The highest BCUT2D eigenvalue weighted by atomic mass is 32.1. The molecule has 0 unspecified atom stereocenters. The number of benzene rings is 2. The first-order valence-corrected chi connectivity index (χ1v) is 9.71. The summed E-state index contributed by atoms with van der Waals surface area (Å²) in [5.74, 6) is 0.674. The number of carbonyl (C=O) groups excluding carboxylic acids is 1. The van der Waals surface area contributed by atoms with Crippen molar-refractivity contribution in [2.24, 2.45) is 0 Å². The molecule has 4 rings (SSSR count). The van der Waals surface area contributed by atoms with Crippen LogP contribution in [0, 0.1) is 6.92 Å². The number of carbonyl (C=O) groups is 1. The number of aromatic nitrogens is 2. The van der Waals surface area contributed by atoms with Gasteiger partial charge in [0.1, 0.15) is 12.4 Å². The van der Waals surface area contributed by atoms with E-state index >= 15 is 0 Å². The van der Waals surface area contributed by atoms with Crippen molar-refractivity contribution in [3.05, 3.63) is 93.3 Å². The zero-order chi connectivity index (χ0) is 19.5. The topological polar surface area (TPSA) is 61.2 Å². The monoisotopic (exact) mass is 390 g/mol. The van der Waals surface area contributed by atoms with Gasteiger partial charge >= 0.3 is 4.87 Å². The molecule has 5 nitrogen and oxygen atoms in total. The van der Waals surface area contributed by atoms with Gasteiger partial charge in [-0.3, -0.25) is 19.1 Å². The van der Waals surface area contributed by atoms with Crippen LogP contribution in [0.5, 0.6) is 5.75 Å². The second-order valence-corrected chi connectivity index (χ2v) is 7.43. The Balaban J connectivity index is 1.53. The van der Waals surface area contributed by atoms with E-state index in [0.717, 1.165) is 27.3 Å². The predicted molar refractivity (Wildman–Crippen MR) is 110 cm³/mol. The van der Waals surface area contributed by atoms with Crippen molar-refractivity contribution in [1.29, 1.82) is 0 Å². The molecule has 0 bridgehead atoms. The smallest absolute Gasteiger partial charge is 0.308 e. The van der Waals surface area contributed by atoms with Crippen LogP contribution in [0.4, 0.5) is 0 Å². The van der Waals surface area contributed by atoms with Crippen LogP contribution in [0.15, 0.2) is 71.8 Å². The summed E-state index contributed by atoms with van der Waals surface area (Å²) >= 11 is 1.14. The molecule has 28 heavy (non-hydrogen) atoms. The van der Waals surface area contributed by atoms with Crippen molar-refractivity contribution in [3.8, 4) is 5.75 Å². The minimum Gasteiger partial charge on any atom is -0.492 e. The maximum absolute atomic E-state index is 12.6. The zero-order valence-corrected chi connectivity index (χ0v) is 16.1. The van der Waals surface area contributed by atoms with E-state index in [4.69, 9.17) is 4.74 Å². The van der Waals surface area contributed by atoms with Gasteiger partial charge in [-0.1, -0.05) is 29.0 Å². The molecule has 140 valence electrons. The average Bonchev–Trinajstić information content (AvgIpc) is 3.04. The Hall–Kier alpha value is -3.25. The van der Waals surface area contributed by atoms with E-state index in [0.29, 0.717) is 24.3 Å². The normalized spacial score (nSPS) is 10.9. The first-order valence-electron chi connectivity index (χ1n) is 8.89. The molecule has 0 aliphatic carbocycles. The molecule has 0 saturated heterocycles. The Bertz CT molecular complexity index is 1180.